The maximum atomic E-state index is 9.80. The Balaban J connectivity index is 2.32. The number of ether oxygens (including phenoxy) is 1. The van der Waals surface area contributed by atoms with Crippen LogP contribution < -0.4 is 4.74 Å². The molecule has 2 aromatic rings. The molecule has 0 saturated heterocycles. The second-order valence-corrected chi connectivity index (χ2v) is 4.10. The van der Waals surface area contributed by atoms with Crippen molar-refractivity contribution in [3.8, 4) is 28.4 Å². The molecular formula is C14H12O3. The van der Waals surface area contributed by atoms with Gasteiger partial charge in [-0.1, -0.05) is 24.3 Å². The summed E-state index contributed by atoms with van der Waals surface area (Å²) >= 11 is 0. The molecule has 2 N–H and O–H groups in total. The number of phenolic OH excluding ortho intramolecular Hbond substituents is 2. The second kappa shape index (κ2) is 3.70. The lowest BCUT2D eigenvalue weighted by Gasteiger charge is -2.10. The molecule has 0 saturated carbocycles. The fourth-order valence-corrected chi connectivity index (χ4v) is 2.21. The summed E-state index contributed by atoms with van der Waals surface area (Å²) in [4.78, 5) is 0. The molecule has 0 atom stereocenters. The van der Waals surface area contributed by atoms with Gasteiger partial charge >= 0.3 is 0 Å². The molecule has 0 amide bonds. The smallest absolute Gasteiger partial charge is 0.169 e. The summed E-state index contributed by atoms with van der Waals surface area (Å²) in [6.07, 6.45) is 0.797. The molecule has 2 aromatic carbocycles. The molecule has 0 unspecified atom stereocenters. The van der Waals surface area contributed by atoms with Gasteiger partial charge in [0.1, 0.15) is 5.75 Å². The van der Waals surface area contributed by atoms with Gasteiger partial charge in [0.2, 0.25) is 0 Å². The van der Waals surface area contributed by atoms with Gasteiger partial charge in [-0.25, -0.2) is 0 Å². The molecule has 1 aliphatic rings. The molecular weight excluding hydrogens is 216 g/mol. The molecule has 1 aliphatic heterocycles. The largest absolute Gasteiger partial charge is 0.508 e. The lowest BCUT2D eigenvalue weighted by molar-refractivity contribution is 0.306. The first-order valence-corrected chi connectivity index (χ1v) is 5.53. The van der Waals surface area contributed by atoms with E-state index in [0.29, 0.717) is 12.4 Å². The van der Waals surface area contributed by atoms with Crippen LogP contribution in [0.3, 0.4) is 0 Å². The standard InChI is InChI=1S/C14H12O3/c15-10-7-12-11-4-2-1-3-9(11)5-6-17-14(12)13(16)8-10/h1-4,7-8,15-16H,5-6H2. The Labute approximate surface area is 98.9 Å². The number of phenols is 2. The van der Waals surface area contributed by atoms with Gasteiger partial charge in [-0.15, -0.1) is 0 Å². The van der Waals surface area contributed by atoms with Crippen LogP contribution >= 0.6 is 0 Å². The van der Waals surface area contributed by atoms with Crippen molar-refractivity contribution in [2.45, 2.75) is 6.42 Å². The number of aromatic hydroxyl groups is 2. The molecule has 3 nitrogen and oxygen atoms in total. The average Bonchev–Trinajstić information content (AvgIpc) is 2.49. The summed E-state index contributed by atoms with van der Waals surface area (Å²) in [5.41, 5.74) is 2.91. The zero-order chi connectivity index (χ0) is 11.8. The first kappa shape index (κ1) is 10.0. The summed E-state index contributed by atoms with van der Waals surface area (Å²) in [6.45, 7) is 0.530. The molecule has 3 rings (SSSR count). The van der Waals surface area contributed by atoms with Gasteiger partial charge in [-0.3, -0.25) is 0 Å². The molecule has 17 heavy (non-hydrogen) atoms. The highest BCUT2D eigenvalue weighted by Gasteiger charge is 2.19. The van der Waals surface area contributed by atoms with Crippen LogP contribution in [0.1, 0.15) is 5.56 Å². The van der Waals surface area contributed by atoms with E-state index in [4.69, 9.17) is 4.74 Å². The summed E-state index contributed by atoms with van der Waals surface area (Å²) in [6, 6.07) is 10.9. The van der Waals surface area contributed by atoms with Crippen LogP contribution in [0.2, 0.25) is 0 Å². The first-order valence-electron chi connectivity index (χ1n) is 5.53. The molecule has 86 valence electrons. The van der Waals surface area contributed by atoms with Crippen LogP contribution in [-0.4, -0.2) is 16.8 Å². The van der Waals surface area contributed by atoms with Crippen LogP contribution in [0.4, 0.5) is 0 Å². The van der Waals surface area contributed by atoms with Crippen molar-refractivity contribution in [3.63, 3.8) is 0 Å². The van der Waals surface area contributed by atoms with Crippen LogP contribution in [0.15, 0.2) is 36.4 Å². The Hall–Kier alpha value is -2.16. The van der Waals surface area contributed by atoms with E-state index in [1.807, 2.05) is 24.3 Å². The second-order valence-electron chi connectivity index (χ2n) is 4.10. The summed E-state index contributed by atoms with van der Waals surface area (Å²) in [5.74, 6) is 0.478. The van der Waals surface area contributed by atoms with Gasteiger partial charge in [0.15, 0.2) is 11.5 Å². The average molecular weight is 228 g/mol. The summed E-state index contributed by atoms with van der Waals surface area (Å²) in [7, 11) is 0. The topological polar surface area (TPSA) is 49.7 Å². The van der Waals surface area contributed by atoms with Crippen LogP contribution in [0.25, 0.3) is 11.1 Å². The Morgan fingerprint density at radius 2 is 1.82 bits per heavy atom. The van der Waals surface area contributed by atoms with E-state index in [2.05, 4.69) is 0 Å². The van der Waals surface area contributed by atoms with Gasteiger partial charge in [-0.2, -0.15) is 0 Å². The Morgan fingerprint density at radius 1 is 1.00 bits per heavy atom. The van der Waals surface area contributed by atoms with E-state index in [-0.39, 0.29) is 11.5 Å². The molecule has 0 bridgehead atoms. The molecule has 0 aromatic heterocycles. The maximum Gasteiger partial charge on any atom is 0.169 e. The normalized spacial score (nSPS) is 13.2. The van der Waals surface area contributed by atoms with Crippen molar-refractivity contribution in [1.29, 1.82) is 0 Å². The van der Waals surface area contributed by atoms with Crippen molar-refractivity contribution in [3.05, 3.63) is 42.0 Å². The van der Waals surface area contributed by atoms with Gasteiger partial charge in [0.25, 0.3) is 0 Å². The van der Waals surface area contributed by atoms with E-state index in [1.54, 1.807) is 6.07 Å². The Kier molecular flexibility index (Phi) is 2.18. The number of rotatable bonds is 0. The van der Waals surface area contributed by atoms with Crippen LogP contribution in [-0.2, 0) is 6.42 Å². The number of fused-ring (bicyclic) bond motifs is 3. The van der Waals surface area contributed by atoms with E-state index in [1.165, 1.54) is 6.07 Å². The highest BCUT2D eigenvalue weighted by Crippen LogP contribution is 2.43. The minimum atomic E-state index is -0.0169. The third-order valence-corrected chi connectivity index (χ3v) is 2.98. The van der Waals surface area contributed by atoms with Crippen molar-refractivity contribution < 1.29 is 14.9 Å². The fraction of sp³-hybridized carbons (Fsp3) is 0.143. The van der Waals surface area contributed by atoms with Crippen molar-refractivity contribution in [1.82, 2.24) is 0 Å². The quantitative estimate of drug-likeness (QED) is 0.728. The molecule has 0 aliphatic carbocycles. The third-order valence-electron chi connectivity index (χ3n) is 2.98. The molecule has 3 heteroatoms. The van der Waals surface area contributed by atoms with Gasteiger partial charge < -0.3 is 14.9 Å². The Morgan fingerprint density at radius 3 is 2.71 bits per heavy atom. The maximum absolute atomic E-state index is 9.80. The highest BCUT2D eigenvalue weighted by molar-refractivity contribution is 5.78. The number of hydrogen-bond acceptors (Lipinski definition) is 3. The lowest BCUT2D eigenvalue weighted by Crippen LogP contribution is -1.98. The molecule has 0 spiro atoms. The van der Waals surface area contributed by atoms with Gasteiger partial charge in [-0.05, 0) is 17.2 Å². The van der Waals surface area contributed by atoms with Crippen molar-refractivity contribution in [2.24, 2.45) is 0 Å². The van der Waals surface area contributed by atoms with Crippen molar-refractivity contribution in [2.75, 3.05) is 6.61 Å². The number of benzene rings is 2. The first-order chi connectivity index (χ1) is 8.25. The minimum absolute atomic E-state index is 0.0169. The fourth-order valence-electron chi connectivity index (χ4n) is 2.21. The van der Waals surface area contributed by atoms with Crippen molar-refractivity contribution >= 4 is 0 Å². The predicted molar refractivity (Wildman–Crippen MR) is 64.4 cm³/mol. The highest BCUT2D eigenvalue weighted by atomic mass is 16.5. The molecule has 0 radical (unpaired) electrons. The summed E-state index contributed by atoms with van der Waals surface area (Å²) in [5, 5.41) is 19.4. The van der Waals surface area contributed by atoms with E-state index in [0.717, 1.165) is 23.1 Å². The third kappa shape index (κ3) is 1.60. The Bertz CT molecular complexity index is 576. The zero-order valence-electron chi connectivity index (χ0n) is 9.18. The van der Waals surface area contributed by atoms with Crippen LogP contribution in [0, 0.1) is 0 Å². The predicted octanol–water partition coefficient (Wildman–Crippen LogP) is 2.70. The van der Waals surface area contributed by atoms with E-state index < -0.39 is 0 Å². The SMILES string of the molecule is Oc1cc(O)c2c(c1)-c1ccccc1CCO2. The van der Waals surface area contributed by atoms with E-state index >= 15 is 0 Å². The number of hydrogen-bond donors (Lipinski definition) is 2. The minimum Gasteiger partial charge on any atom is -0.508 e. The monoisotopic (exact) mass is 228 g/mol. The van der Waals surface area contributed by atoms with Gasteiger partial charge in [0, 0.05) is 18.1 Å². The van der Waals surface area contributed by atoms with Gasteiger partial charge in [0.05, 0.1) is 6.61 Å². The molecule has 0 fully saturated rings. The lowest BCUT2D eigenvalue weighted by atomic mass is 9.97. The molecule has 1 heterocycles. The van der Waals surface area contributed by atoms with Crippen LogP contribution in [0.5, 0.6) is 17.2 Å². The van der Waals surface area contributed by atoms with E-state index in [9.17, 15) is 10.2 Å². The summed E-state index contributed by atoms with van der Waals surface area (Å²) < 4.78 is 5.56. The zero-order valence-corrected chi connectivity index (χ0v) is 9.18.